The highest BCUT2D eigenvalue weighted by molar-refractivity contribution is 5.85. The van der Waals surface area contributed by atoms with Gasteiger partial charge in [0.2, 0.25) is 0 Å². The number of rotatable bonds is 3. The molecule has 13 atom stereocenters. The van der Waals surface area contributed by atoms with Gasteiger partial charge >= 0.3 is 5.97 Å². The van der Waals surface area contributed by atoms with Crippen molar-refractivity contribution in [2.24, 2.45) is 34.5 Å². The number of fused-ring (bicyclic) bond motifs is 5. The minimum atomic E-state index is -1.30. The average Bonchev–Trinajstić information content (AvgIpc) is 3.41. The van der Waals surface area contributed by atoms with Crippen LogP contribution in [0.4, 0.5) is 0 Å². The molecule has 214 valence electrons. The largest absolute Gasteiger partial charge is 0.458 e. The Morgan fingerprint density at radius 1 is 0.921 bits per heavy atom. The number of ether oxygens (including phenoxy) is 3. The molecule has 8 heteroatoms. The highest BCUT2D eigenvalue weighted by atomic mass is 16.7. The van der Waals surface area contributed by atoms with Crippen LogP contribution in [0.25, 0.3) is 0 Å². The lowest BCUT2D eigenvalue weighted by atomic mass is 9.42. The van der Waals surface area contributed by atoms with E-state index in [0.29, 0.717) is 18.4 Å². The molecule has 2 aliphatic heterocycles. The monoisotopic (exact) mass is 534 g/mol. The van der Waals surface area contributed by atoms with Gasteiger partial charge in [-0.15, -0.1) is 0 Å². The van der Waals surface area contributed by atoms with Gasteiger partial charge < -0.3 is 34.6 Å². The molecule has 8 nitrogen and oxygen atoms in total. The number of carbonyl (C=O) groups is 1. The summed E-state index contributed by atoms with van der Waals surface area (Å²) in [6.45, 7) is 8.82. The first-order valence-electron chi connectivity index (χ1n) is 14.8. The van der Waals surface area contributed by atoms with Crippen molar-refractivity contribution in [2.45, 2.75) is 127 Å². The second-order valence-corrected chi connectivity index (χ2v) is 14.2. The van der Waals surface area contributed by atoms with Crippen molar-refractivity contribution < 1.29 is 39.4 Å². The molecule has 0 unspecified atom stereocenters. The van der Waals surface area contributed by atoms with E-state index in [-0.39, 0.29) is 28.6 Å². The van der Waals surface area contributed by atoms with Gasteiger partial charge in [-0.25, -0.2) is 4.79 Å². The quantitative estimate of drug-likeness (QED) is 0.322. The summed E-state index contributed by atoms with van der Waals surface area (Å²) < 4.78 is 17.4. The van der Waals surface area contributed by atoms with Gasteiger partial charge in [-0.1, -0.05) is 13.8 Å². The van der Waals surface area contributed by atoms with Gasteiger partial charge in [0.25, 0.3) is 0 Å². The zero-order valence-corrected chi connectivity index (χ0v) is 23.3. The lowest BCUT2D eigenvalue weighted by Crippen LogP contribution is -2.63. The van der Waals surface area contributed by atoms with E-state index in [4.69, 9.17) is 14.2 Å². The molecule has 0 aromatic heterocycles. The standard InChI is InChI=1S/C30H46O8/c1-16-23(32)24(33)25(34)26(37-16)38-27(2)11-12-28(3)18(14-27)5-6-21-20(28)7-9-29(4)19(8-10-30(21,29)35)17-13-22(31)36-15-17/h13,16,18-21,23-26,32-35H,5-12,14-15H2,1-4H3/t16-,18+,19+,20-,21+,23-,24+,25+,26-,27-,28-,29+,30-/m0/s1. The molecule has 0 aromatic rings. The van der Waals surface area contributed by atoms with Crippen molar-refractivity contribution in [3.05, 3.63) is 11.6 Å². The van der Waals surface area contributed by atoms with E-state index in [1.807, 2.05) is 0 Å². The highest BCUT2D eigenvalue weighted by Crippen LogP contribution is 2.70. The zero-order chi connectivity index (χ0) is 27.3. The van der Waals surface area contributed by atoms with Crippen LogP contribution >= 0.6 is 0 Å². The van der Waals surface area contributed by atoms with Crippen molar-refractivity contribution >= 4 is 5.97 Å². The van der Waals surface area contributed by atoms with E-state index < -0.39 is 41.9 Å². The predicted octanol–water partition coefficient (Wildman–Crippen LogP) is 2.85. The number of hydrogen-bond acceptors (Lipinski definition) is 8. The Balaban J connectivity index is 1.19. The third-order valence-electron chi connectivity index (χ3n) is 12.5. The Morgan fingerprint density at radius 3 is 2.39 bits per heavy atom. The van der Waals surface area contributed by atoms with Gasteiger partial charge in [-0.3, -0.25) is 0 Å². The van der Waals surface area contributed by atoms with Crippen LogP contribution in [0.5, 0.6) is 0 Å². The molecular weight excluding hydrogens is 488 g/mol. The Bertz CT molecular complexity index is 999. The molecule has 4 aliphatic carbocycles. The summed E-state index contributed by atoms with van der Waals surface area (Å²) in [5.41, 5.74) is -0.297. The van der Waals surface area contributed by atoms with E-state index in [1.54, 1.807) is 13.0 Å². The van der Waals surface area contributed by atoms with Gasteiger partial charge in [0.05, 0.1) is 17.3 Å². The molecular formula is C30H46O8. The van der Waals surface area contributed by atoms with E-state index in [2.05, 4.69) is 20.8 Å². The van der Waals surface area contributed by atoms with Crippen LogP contribution < -0.4 is 0 Å². The fraction of sp³-hybridized carbons (Fsp3) is 0.900. The van der Waals surface area contributed by atoms with E-state index in [9.17, 15) is 25.2 Å². The average molecular weight is 535 g/mol. The fourth-order valence-electron chi connectivity index (χ4n) is 10.1. The van der Waals surface area contributed by atoms with Gasteiger partial charge in [0.1, 0.15) is 24.9 Å². The van der Waals surface area contributed by atoms with Crippen molar-refractivity contribution in [1.82, 2.24) is 0 Å². The van der Waals surface area contributed by atoms with E-state index >= 15 is 0 Å². The van der Waals surface area contributed by atoms with Crippen LogP contribution in [0, 0.1) is 34.5 Å². The molecule has 0 bridgehead atoms. The number of carbonyl (C=O) groups excluding carboxylic acids is 1. The summed E-state index contributed by atoms with van der Waals surface area (Å²) in [4.78, 5) is 11.8. The Labute approximate surface area is 225 Å². The molecule has 6 aliphatic rings. The number of aliphatic hydroxyl groups excluding tert-OH is 3. The Morgan fingerprint density at radius 2 is 1.68 bits per heavy atom. The first-order chi connectivity index (χ1) is 17.8. The smallest absolute Gasteiger partial charge is 0.331 e. The van der Waals surface area contributed by atoms with Gasteiger partial charge in [-0.05, 0) is 106 Å². The Hall–Kier alpha value is -1.03. The second kappa shape index (κ2) is 8.98. The van der Waals surface area contributed by atoms with Crippen LogP contribution in [-0.4, -0.2) is 74.9 Å². The minimum Gasteiger partial charge on any atom is -0.458 e. The number of esters is 1. The first-order valence-corrected chi connectivity index (χ1v) is 14.8. The normalized spacial score (nSPS) is 56.5. The van der Waals surface area contributed by atoms with Crippen molar-refractivity contribution in [3.8, 4) is 0 Å². The first kappa shape index (κ1) is 27.2. The number of aliphatic hydroxyl groups is 4. The van der Waals surface area contributed by atoms with Gasteiger partial charge in [0, 0.05) is 11.5 Å². The molecule has 6 rings (SSSR count). The summed E-state index contributed by atoms with van der Waals surface area (Å²) in [7, 11) is 0. The predicted molar refractivity (Wildman–Crippen MR) is 138 cm³/mol. The van der Waals surface area contributed by atoms with Crippen LogP contribution in [0.3, 0.4) is 0 Å². The third-order valence-corrected chi connectivity index (χ3v) is 12.5. The maximum absolute atomic E-state index is 12.4. The Kier molecular flexibility index (Phi) is 6.42. The minimum absolute atomic E-state index is 0.0989. The topological polar surface area (TPSA) is 126 Å². The molecule has 0 radical (unpaired) electrons. The van der Waals surface area contributed by atoms with Crippen LogP contribution in [0.2, 0.25) is 0 Å². The van der Waals surface area contributed by atoms with Crippen molar-refractivity contribution in [1.29, 1.82) is 0 Å². The van der Waals surface area contributed by atoms with Crippen molar-refractivity contribution in [3.63, 3.8) is 0 Å². The summed E-state index contributed by atoms with van der Waals surface area (Å²) >= 11 is 0. The lowest BCUT2D eigenvalue weighted by Gasteiger charge is -2.64. The maximum atomic E-state index is 12.4. The number of hydrogen-bond donors (Lipinski definition) is 4. The van der Waals surface area contributed by atoms with E-state index in [1.165, 1.54) is 0 Å². The molecule has 5 fully saturated rings. The summed E-state index contributed by atoms with van der Waals surface area (Å²) in [6.07, 6.45) is 4.72. The molecule has 4 N–H and O–H groups in total. The third kappa shape index (κ3) is 3.81. The molecule has 1 saturated heterocycles. The summed E-state index contributed by atoms with van der Waals surface area (Å²) in [6, 6.07) is 0. The van der Waals surface area contributed by atoms with E-state index in [0.717, 1.165) is 63.4 Å². The fourth-order valence-corrected chi connectivity index (χ4v) is 10.1. The van der Waals surface area contributed by atoms with Crippen LogP contribution in [0.15, 0.2) is 11.6 Å². The summed E-state index contributed by atoms with van der Waals surface area (Å²) in [5.74, 6) is 1.07. The number of cyclic esters (lactones) is 1. The molecule has 0 amide bonds. The van der Waals surface area contributed by atoms with Crippen LogP contribution in [0.1, 0.15) is 85.5 Å². The molecule has 2 heterocycles. The van der Waals surface area contributed by atoms with Crippen molar-refractivity contribution in [2.75, 3.05) is 6.61 Å². The lowest BCUT2D eigenvalue weighted by molar-refractivity contribution is -0.328. The highest BCUT2D eigenvalue weighted by Gasteiger charge is 2.68. The maximum Gasteiger partial charge on any atom is 0.331 e. The SMILES string of the molecule is C[C@@H]1O[C@@H](O[C@@]2(C)CC[C@@]3(C)[C@H](CC[C@@H]4[C@@H]3CC[C@]3(C)[C@@H](C5=CC(=O)OC5)CC[C@]43O)C2)[C@H](O)[C@H](O)[C@H]1O. The summed E-state index contributed by atoms with van der Waals surface area (Å²) in [5, 5.41) is 43.3. The zero-order valence-electron chi connectivity index (χ0n) is 23.3. The molecule has 4 saturated carbocycles. The molecule has 0 aromatic carbocycles. The van der Waals surface area contributed by atoms with Crippen LogP contribution in [-0.2, 0) is 19.0 Å². The van der Waals surface area contributed by atoms with Gasteiger partial charge in [-0.2, -0.15) is 0 Å². The van der Waals surface area contributed by atoms with Gasteiger partial charge in [0.15, 0.2) is 6.29 Å². The second-order valence-electron chi connectivity index (χ2n) is 14.2. The molecule has 0 spiro atoms. The molecule has 38 heavy (non-hydrogen) atoms.